The summed E-state index contributed by atoms with van der Waals surface area (Å²) in [6, 6.07) is 1.79. The summed E-state index contributed by atoms with van der Waals surface area (Å²) in [7, 11) is 0. The molecule has 7 nitrogen and oxygen atoms in total. The molecular weight excluding hydrogens is 304 g/mol. The first kappa shape index (κ1) is 16.4. The highest BCUT2D eigenvalue weighted by Gasteiger charge is 2.19. The van der Waals surface area contributed by atoms with Gasteiger partial charge in [-0.2, -0.15) is 4.98 Å². The Labute approximate surface area is 142 Å². The van der Waals surface area contributed by atoms with Crippen LogP contribution >= 0.6 is 0 Å². The predicted molar refractivity (Wildman–Crippen MR) is 93.8 cm³/mol. The second-order valence-corrected chi connectivity index (χ2v) is 5.89. The third kappa shape index (κ3) is 3.72. The van der Waals surface area contributed by atoms with Crippen molar-refractivity contribution in [2.24, 2.45) is 0 Å². The molecule has 0 amide bonds. The zero-order valence-corrected chi connectivity index (χ0v) is 14.6. The van der Waals surface area contributed by atoms with E-state index in [-0.39, 0.29) is 0 Å². The molecule has 1 aliphatic rings. The molecule has 0 bridgehead atoms. The molecule has 0 unspecified atom stereocenters. The van der Waals surface area contributed by atoms with E-state index in [0.717, 1.165) is 55.8 Å². The van der Waals surface area contributed by atoms with Crippen molar-refractivity contribution in [1.29, 1.82) is 0 Å². The minimum atomic E-state index is 0.606. The molecule has 128 valence electrons. The zero-order valence-electron chi connectivity index (χ0n) is 14.6. The van der Waals surface area contributed by atoms with Crippen LogP contribution < -0.4 is 14.5 Å². The standard InChI is InChI=1S/C17H24N6O/c1-4-24-15-6-7-18-16(21-15)22-8-5-9-23(11-10-22)17-19-12-13(2)14(3)20-17/h6-7,12H,4-5,8-11H2,1-3H3. The number of aryl methyl sites for hydroxylation is 2. The predicted octanol–water partition coefficient (Wildman–Crippen LogP) is 2.00. The van der Waals surface area contributed by atoms with Crippen molar-refractivity contribution in [3.05, 3.63) is 29.7 Å². The fourth-order valence-corrected chi connectivity index (χ4v) is 2.70. The van der Waals surface area contributed by atoms with Crippen LogP contribution in [0.15, 0.2) is 18.5 Å². The molecule has 0 N–H and O–H groups in total. The van der Waals surface area contributed by atoms with E-state index in [9.17, 15) is 0 Å². The van der Waals surface area contributed by atoms with Crippen LogP contribution in [0.2, 0.25) is 0 Å². The molecule has 24 heavy (non-hydrogen) atoms. The lowest BCUT2D eigenvalue weighted by Gasteiger charge is -2.22. The highest BCUT2D eigenvalue weighted by Crippen LogP contribution is 2.17. The van der Waals surface area contributed by atoms with E-state index in [2.05, 4.69) is 29.7 Å². The maximum Gasteiger partial charge on any atom is 0.228 e. The largest absolute Gasteiger partial charge is 0.478 e. The molecule has 3 rings (SSSR count). The zero-order chi connectivity index (χ0) is 16.9. The summed E-state index contributed by atoms with van der Waals surface area (Å²) in [5.41, 5.74) is 2.16. The third-order valence-corrected chi connectivity index (χ3v) is 4.18. The summed E-state index contributed by atoms with van der Waals surface area (Å²) in [6.07, 6.45) is 4.66. The van der Waals surface area contributed by atoms with Gasteiger partial charge in [-0.25, -0.2) is 15.0 Å². The first-order valence-corrected chi connectivity index (χ1v) is 8.43. The first-order chi connectivity index (χ1) is 11.7. The summed E-state index contributed by atoms with van der Waals surface area (Å²) in [5, 5.41) is 0. The fourth-order valence-electron chi connectivity index (χ4n) is 2.70. The van der Waals surface area contributed by atoms with Crippen LogP contribution in [0.25, 0.3) is 0 Å². The van der Waals surface area contributed by atoms with Crippen molar-refractivity contribution >= 4 is 11.9 Å². The van der Waals surface area contributed by atoms with Gasteiger partial charge in [0.25, 0.3) is 0 Å². The SMILES string of the molecule is CCOc1ccnc(N2CCCN(c3ncc(C)c(C)n3)CC2)n1. The van der Waals surface area contributed by atoms with Gasteiger partial charge in [-0.05, 0) is 32.8 Å². The van der Waals surface area contributed by atoms with Gasteiger partial charge in [0.2, 0.25) is 17.8 Å². The Bertz CT molecular complexity index is 693. The van der Waals surface area contributed by atoms with E-state index in [1.165, 1.54) is 0 Å². The van der Waals surface area contributed by atoms with Gasteiger partial charge in [0, 0.05) is 50.3 Å². The summed E-state index contributed by atoms with van der Waals surface area (Å²) < 4.78 is 5.48. The van der Waals surface area contributed by atoms with Crippen molar-refractivity contribution in [3.8, 4) is 5.88 Å². The number of hydrogen-bond donors (Lipinski definition) is 0. The van der Waals surface area contributed by atoms with Gasteiger partial charge in [-0.3, -0.25) is 0 Å². The molecule has 0 radical (unpaired) electrons. The van der Waals surface area contributed by atoms with Gasteiger partial charge >= 0.3 is 0 Å². The molecule has 0 aliphatic carbocycles. The minimum absolute atomic E-state index is 0.606. The van der Waals surface area contributed by atoms with Gasteiger partial charge in [0.1, 0.15) is 0 Å². The van der Waals surface area contributed by atoms with Crippen LogP contribution in [-0.2, 0) is 0 Å². The molecule has 2 aromatic rings. The van der Waals surface area contributed by atoms with Gasteiger partial charge in [0.15, 0.2) is 0 Å². The van der Waals surface area contributed by atoms with Gasteiger partial charge in [0.05, 0.1) is 6.61 Å². The van der Waals surface area contributed by atoms with Crippen LogP contribution in [0.1, 0.15) is 24.6 Å². The third-order valence-electron chi connectivity index (χ3n) is 4.18. The summed E-state index contributed by atoms with van der Waals surface area (Å²) in [6.45, 7) is 10.2. The molecule has 1 fully saturated rings. The molecule has 1 saturated heterocycles. The average Bonchev–Trinajstić information content (AvgIpc) is 2.84. The van der Waals surface area contributed by atoms with Crippen LogP contribution in [-0.4, -0.2) is 52.7 Å². The van der Waals surface area contributed by atoms with E-state index in [1.54, 1.807) is 12.3 Å². The monoisotopic (exact) mass is 328 g/mol. The van der Waals surface area contributed by atoms with E-state index in [0.29, 0.717) is 12.5 Å². The summed E-state index contributed by atoms with van der Waals surface area (Å²) in [4.78, 5) is 22.4. The molecule has 0 spiro atoms. The van der Waals surface area contributed by atoms with Gasteiger partial charge in [-0.1, -0.05) is 0 Å². The van der Waals surface area contributed by atoms with Crippen LogP contribution in [0.5, 0.6) is 5.88 Å². The van der Waals surface area contributed by atoms with Crippen LogP contribution in [0.4, 0.5) is 11.9 Å². The Morgan fingerprint density at radius 2 is 1.71 bits per heavy atom. The lowest BCUT2D eigenvalue weighted by Crippen LogP contribution is -2.32. The molecule has 1 aliphatic heterocycles. The van der Waals surface area contributed by atoms with E-state index in [4.69, 9.17) is 4.74 Å². The fraction of sp³-hybridized carbons (Fsp3) is 0.529. The van der Waals surface area contributed by atoms with E-state index < -0.39 is 0 Å². The number of hydrogen-bond acceptors (Lipinski definition) is 7. The van der Waals surface area contributed by atoms with Crippen molar-refractivity contribution in [1.82, 2.24) is 19.9 Å². The Balaban J connectivity index is 1.70. The minimum Gasteiger partial charge on any atom is -0.478 e. The molecule has 0 atom stereocenters. The summed E-state index contributed by atoms with van der Waals surface area (Å²) in [5.74, 6) is 2.16. The normalized spacial score (nSPS) is 15.3. The number of nitrogens with zero attached hydrogens (tertiary/aromatic N) is 6. The highest BCUT2D eigenvalue weighted by atomic mass is 16.5. The number of rotatable bonds is 4. The van der Waals surface area contributed by atoms with Crippen molar-refractivity contribution in [3.63, 3.8) is 0 Å². The molecular formula is C17H24N6O. The van der Waals surface area contributed by atoms with Gasteiger partial charge in [-0.15, -0.1) is 0 Å². The molecule has 2 aromatic heterocycles. The number of anilines is 2. The number of aromatic nitrogens is 4. The average molecular weight is 328 g/mol. The summed E-state index contributed by atoms with van der Waals surface area (Å²) >= 11 is 0. The molecule has 7 heteroatoms. The van der Waals surface area contributed by atoms with Crippen molar-refractivity contribution in [2.45, 2.75) is 27.2 Å². The molecule has 3 heterocycles. The number of ether oxygens (including phenoxy) is 1. The molecule has 0 aromatic carbocycles. The van der Waals surface area contributed by atoms with E-state index in [1.807, 2.05) is 27.0 Å². The lowest BCUT2D eigenvalue weighted by molar-refractivity contribution is 0.326. The van der Waals surface area contributed by atoms with Crippen LogP contribution in [0.3, 0.4) is 0 Å². The Morgan fingerprint density at radius 3 is 2.38 bits per heavy atom. The first-order valence-electron chi connectivity index (χ1n) is 8.43. The Morgan fingerprint density at radius 1 is 1.00 bits per heavy atom. The van der Waals surface area contributed by atoms with Crippen molar-refractivity contribution < 1.29 is 4.74 Å². The van der Waals surface area contributed by atoms with Crippen LogP contribution in [0, 0.1) is 13.8 Å². The topological polar surface area (TPSA) is 67.3 Å². The lowest BCUT2D eigenvalue weighted by atomic mass is 10.3. The maximum absolute atomic E-state index is 5.48. The second-order valence-electron chi connectivity index (χ2n) is 5.89. The van der Waals surface area contributed by atoms with Gasteiger partial charge < -0.3 is 14.5 Å². The Kier molecular flexibility index (Phi) is 5.08. The quantitative estimate of drug-likeness (QED) is 0.850. The highest BCUT2D eigenvalue weighted by molar-refractivity contribution is 5.37. The maximum atomic E-state index is 5.48. The van der Waals surface area contributed by atoms with Crippen molar-refractivity contribution in [2.75, 3.05) is 42.6 Å². The molecule has 0 saturated carbocycles. The smallest absolute Gasteiger partial charge is 0.228 e. The van der Waals surface area contributed by atoms with E-state index >= 15 is 0 Å². The Hall–Kier alpha value is -2.44. The second kappa shape index (κ2) is 7.42.